The van der Waals surface area contributed by atoms with E-state index in [-0.39, 0.29) is 23.3 Å². The zero-order chi connectivity index (χ0) is 22.5. The molecule has 0 bridgehead atoms. The molecular weight excluding hydrogens is 527 g/mol. The van der Waals surface area contributed by atoms with Crippen LogP contribution in [0, 0.1) is 0 Å². The van der Waals surface area contributed by atoms with Crippen molar-refractivity contribution in [1.82, 2.24) is 20.6 Å². The molecule has 2 amide bonds. The lowest BCUT2D eigenvalue weighted by molar-refractivity contribution is -0.120. The maximum absolute atomic E-state index is 12.0. The molecule has 0 saturated heterocycles. The van der Waals surface area contributed by atoms with Gasteiger partial charge in [0, 0.05) is 23.1 Å². The van der Waals surface area contributed by atoms with Crippen LogP contribution in [0.1, 0.15) is 0 Å². The summed E-state index contributed by atoms with van der Waals surface area (Å²) in [5.74, 6) is 0.311. The summed E-state index contributed by atoms with van der Waals surface area (Å²) in [7, 11) is 0. The van der Waals surface area contributed by atoms with Crippen LogP contribution in [-0.2, 0) is 9.59 Å². The fourth-order valence-electron chi connectivity index (χ4n) is 2.64. The van der Waals surface area contributed by atoms with Gasteiger partial charge in [-0.3, -0.25) is 9.59 Å². The molecule has 0 atom stereocenters. The second-order valence-electron chi connectivity index (χ2n) is 6.46. The zero-order valence-electron chi connectivity index (χ0n) is 16.4. The molecule has 32 heavy (non-hydrogen) atoms. The maximum Gasteiger partial charge on any atom is 0.230 e. The Bertz CT molecular complexity index is 1180. The first-order valence-electron chi connectivity index (χ1n) is 9.37. The fraction of sp³-hybridized carbons (Fsp3) is 0.200. The predicted octanol–water partition coefficient (Wildman–Crippen LogP) is 5.33. The Hall–Kier alpha value is -1.56. The number of benzene rings is 2. The summed E-state index contributed by atoms with van der Waals surface area (Å²) in [6, 6.07) is 11.1. The van der Waals surface area contributed by atoms with E-state index >= 15 is 0 Å². The highest BCUT2D eigenvalue weighted by Crippen LogP contribution is 2.31. The minimum absolute atomic E-state index is 0.107. The van der Waals surface area contributed by atoms with Gasteiger partial charge in [-0.2, -0.15) is 0 Å². The largest absolute Gasteiger partial charge is 0.354 e. The number of carbonyl (C=O) groups excluding carboxylic acids is 2. The van der Waals surface area contributed by atoms with Gasteiger partial charge in [-0.15, -0.1) is 22.7 Å². The predicted molar refractivity (Wildman–Crippen MR) is 137 cm³/mol. The van der Waals surface area contributed by atoms with E-state index in [4.69, 9.17) is 23.2 Å². The lowest BCUT2D eigenvalue weighted by atomic mass is 10.3. The molecule has 0 aliphatic rings. The molecule has 0 saturated carbocycles. The van der Waals surface area contributed by atoms with Gasteiger partial charge in [-0.25, -0.2) is 9.97 Å². The van der Waals surface area contributed by atoms with Gasteiger partial charge < -0.3 is 10.6 Å². The molecule has 12 heteroatoms. The van der Waals surface area contributed by atoms with E-state index in [2.05, 4.69) is 20.6 Å². The Morgan fingerprint density at radius 3 is 1.66 bits per heavy atom. The lowest BCUT2D eigenvalue weighted by Gasteiger charge is -2.06. The third-order valence-corrected chi connectivity index (χ3v) is 8.91. The van der Waals surface area contributed by atoms with Crippen LogP contribution in [0.25, 0.3) is 20.4 Å². The highest BCUT2D eigenvalue weighted by Gasteiger charge is 2.10. The maximum atomic E-state index is 12.0. The van der Waals surface area contributed by atoms with Crippen molar-refractivity contribution in [2.45, 2.75) is 8.68 Å². The van der Waals surface area contributed by atoms with E-state index in [0.29, 0.717) is 23.1 Å². The van der Waals surface area contributed by atoms with Gasteiger partial charge in [0.15, 0.2) is 8.68 Å². The highest BCUT2D eigenvalue weighted by atomic mass is 35.5. The van der Waals surface area contributed by atoms with Crippen LogP contribution in [0.2, 0.25) is 10.0 Å². The van der Waals surface area contributed by atoms with Crippen molar-refractivity contribution in [3.63, 3.8) is 0 Å². The molecular formula is C20H16Cl2N4O2S4. The summed E-state index contributed by atoms with van der Waals surface area (Å²) < 4.78 is 3.71. The van der Waals surface area contributed by atoms with Crippen molar-refractivity contribution >= 4 is 102 Å². The lowest BCUT2D eigenvalue weighted by Crippen LogP contribution is -2.36. The molecule has 2 heterocycles. The average molecular weight is 544 g/mol. The molecule has 2 aromatic carbocycles. The smallest absolute Gasteiger partial charge is 0.230 e. The van der Waals surface area contributed by atoms with E-state index in [1.807, 2.05) is 36.4 Å². The molecule has 0 radical (unpaired) electrons. The third kappa shape index (κ3) is 6.49. The standard InChI is InChI=1S/C20H16Cl2N4O2S4/c21-11-1-3-15-13(7-11)25-19(31-15)29-9-17(27)23-5-6-24-18(28)10-30-20-26-14-8-12(22)2-4-16(14)32-20/h1-4,7-8H,5-6,9-10H2,(H,23,27)(H,24,28). The number of hydrogen-bond acceptors (Lipinski definition) is 8. The first-order valence-corrected chi connectivity index (χ1v) is 13.7. The number of fused-ring (bicyclic) bond motifs is 2. The van der Waals surface area contributed by atoms with E-state index in [9.17, 15) is 9.59 Å². The number of halogens is 2. The molecule has 4 aromatic rings. The fourth-order valence-corrected chi connectivity index (χ4v) is 6.73. The minimum atomic E-state index is -0.107. The molecule has 2 N–H and O–H groups in total. The van der Waals surface area contributed by atoms with Gasteiger partial charge in [0.05, 0.1) is 31.9 Å². The van der Waals surface area contributed by atoms with Crippen LogP contribution < -0.4 is 10.6 Å². The number of nitrogens with zero attached hydrogens (tertiary/aromatic N) is 2. The van der Waals surface area contributed by atoms with E-state index in [1.54, 1.807) is 0 Å². The van der Waals surface area contributed by atoms with Crippen LogP contribution in [0.15, 0.2) is 45.1 Å². The van der Waals surface area contributed by atoms with E-state index in [1.165, 1.54) is 46.2 Å². The first-order chi connectivity index (χ1) is 15.5. The van der Waals surface area contributed by atoms with Gasteiger partial charge >= 0.3 is 0 Å². The number of carbonyl (C=O) groups is 2. The number of thiazole rings is 2. The van der Waals surface area contributed by atoms with Gasteiger partial charge in [0.2, 0.25) is 11.8 Å². The Kier molecular flexibility index (Phi) is 8.14. The van der Waals surface area contributed by atoms with Gasteiger partial charge in [-0.1, -0.05) is 46.7 Å². The first kappa shape index (κ1) is 23.6. The average Bonchev–Trinajstić information content (AvgIpc) is 3.36. The molecule has 6 nitrogen and oxygen atoms in total. The molecule has 0 spiro atoms. The Morgan fingerprint density at radius 1 is 0.781 bits per heavy atom. The van der Waals surface area contributed by atoms with Gasteiger partial charge in [-0.05, 0) is 36.4 Å². The van der Waals surface area contributed by atoms with Gasteiger partial charge in [0.25, 0.3) is 0 Å². The molecule has 166 valence electrons. The Morgan fingerprint density at radius 2 is 1.22 bits per heavy atom. The third-order valence-electron chi connectivity index (χ3n) is 4.08. The Balaban J connectivity index is 1.12. The number of aromatic nitrogens is 2. The van der Waals surface area contributed by atoms with Crippen LogP contribution in [-0.4, -0.2) is 46.4 Å². The number of amides is 2. The molecule has 0 aliphatic carbocycles. The second-order valence-corrected chi connectivity index (χ2v) is 11.8. The molecule has 0 fully saturated rings. The summed E-state index contributed by atoms with van der Waals surface area (Å²) in [4.78, 5) is 33.0. The quantitative estimate of drug-likeness (QED) is 0.219. The zero-order valence-corrected chi connectivity index (χ0v) is 21.2. The number of rotatable bonds is 9. The van der Waals surface area contributed by atoms with Crippen molar-refractivity contribution in [3.8, 4) is 0 Å². The highest BCUT2D eigenvalue weighted by molar-refractivity contribution is 8.02. The molecule has 2 aromatic heterocycles. The minimum Gasteiger partial charge on any atom is -0.354 e. The monoisotopic (exact) mass is 542 g/mol. The van der Waals surface area contributed by atoms with Crippen molar-refractivity contribution in [1.29, 1.82) is 0 Å². The van der Waals surface area contributed by atoms with Crippen LogP contribution in [0.3, 0.4) is 0 Å². The summed E-state index contributed by atoms with van der Waals surface area (Å²) in [5, 5.41) is 6.88. The molecule has 4 rings (SSSR count). The van der Waals surface area contributed by atoms with Crippen LogP contribution >= 0.6 is 69.4 Å². The second kappa shape index (κ2) is 11.0. The summed E-state index contributed by atoms with van der Waals surface area (Å²) in [6.45, 7) is 0.732. The number of hydrogen-bond donors (Lipinski definition) is 2. The SMILES string of the molecule is O=C(CSc1nc2cc(Cl)ccc2s1)NCCNC(=O)CSc1nc2cc(Cl)ccc2s1. The van der Waals surface area contributed by atoms with Crippen molar-refractivity contribution in [2.24, 2.45) is 0 Å². The van der Waals surface area contributed by atoms with Crippen LogP contribution in [0.5, 0.6) is 0 Å². The van der Waals surface area contributed by atoms with E-state index < -0.39 is 0 Å². The van der Waals surface area contributed by atoms with Crippen molar-refractivity contribution in [2.75, 3.05) is 24.6 Å². The number of thioether (sulfide) groups is 2. The molecule has 0 unspecified atom stereocenters. The number of nitrogens with one attached hydrogen (secondary N) is 2. The summed E-state index contributed by atoms with van der Waals surface area (Å²) in [5.41, 5.74) is 1.67. The molecule has 0 aliphatic heterocycles. The summed E-state index contributed by atoms with van der Waals surface area (Å²) in [6.07, 6.45) is 0. The topological polar surface area (TPSA) is 84.0 Å². The normalized spacial score (nSPS) is 11.2. The Labute approximate surface area is 210 Å². The van der Waals surface area contributed by atoms with Gasteiger partial charge in [0.1, 0.15) is 0 Å². The van der Waals surface area contributed by atoms with Crippen LogP contribution in [0.4, 0.5) is 0 Å². The van der Waals surface area contributed by atoms with E-state index in [0.717, 1.165) is 29.1 Å². The van der Waals surface area contributed by atoms with Crippen molar-refractivity contribution < 1.29 is 9.59 Å². The van der Waals surface area contributed by atoms with Crippen molar-refractivity contribution in [3.05, 3.63) is 46.4 Å². The summed E-state index contributed by atoms with van der Waals surface area (Å²) >= 11 is 17.8.